The first kappa shape index (κ1) is 89.4. The number of likely N-dealkylation sites (tertiary alicyclic amines) is 3. The molecular weight excluding hydrogens is 1620 g/mol. The van der Waals surface area contributed by atoms with Crippen molar-refractivity contribution in [1.82, 2.24) is 64.2 Å². The fourth-order valence-corrected chi connectivity index (χ4v) is 20.2. The molecule has 6 saturated heterocycles. The molecule has 12 heterocycles. The molecular formula is C100H118N22O7. The highest BCUT2D eigenvalue weighted by Crippen LogP contribution is 2.41. The molecule has 6 fully saturated rings. The normalized spacial score (nSPS) is 20.6. The molecule has 4 amide bonds. The number of nitrogens with zero attached hydrogens (tertiary/aromatic N) is 22. The maximum atomic E-state index is 12.6. The maximum absolute atomic E-state index is 12.6. The number of fused-ring (bicyclic) bond motifs is 6. The summed E-state index contributed by atoms with van der Waals surface area (Å²) in [7, 11) is 5.70. The van der Waals surface area contributed by atoms with Crippen molar-refractivity contribution in [3.05, 3.63) is 199 Å². The zero-order valence-corrected chi connectivity index (χ0v) is 74.9. The van der Waals surface area contributed by atoms with E-state index < -0.39 is 0 Å². The molecule has 0 radical (unpaired) electrons. The summed E-state index contributed by atoms with van der Waals surface area (Å²) in [6.07, 6.45) is 12.5. The number of rotatable bonds is 24. The van der Waals surface area contributed by atoms with Gasteiger partial charge in [0.1, 0.15) is 30.7 Å². The van der Waals surface area contributed by atoms with Gasteiger partial charge >= 0.3 is 18.0 Å². The summed E-state index contributed by atoms with van der Waals surface area (Å²) >= 11 is 0. The summed E-state index contributed by atoms with van der Waals surface area (Å²) in [6, 6.07) is 52.4. The van der Waals surface area contributed by atoms with Crippen LogP contribution in [0.15, 0.2) is 165 Å². The lowest BCUT2D eigenvalue weighted by Crippen LogP contribution is -2.55. The van der Waals surface area contributed by atoms with Crippen LogP contribution in [0.5, 0.6) is 18.0 Å². The van der Waals surface area contributed by atoms with Crippen molar-refractivity contribution in [3.63, 3.8) is 0 Å². The third kappa shape index (κ3) is 20.3. The van der Waals surface area contributed by atoms with Gasteiger partial charge in [0.15, 0.2) is 0 Å². The van der Waals surface area contributed by atoms with E-state index in [2.05, 4.69) is 223 Å². The highest BCUT2D eigenvalue weighted by molar-refractivity contribution is 5.97. The Hall–Kier alpha value is -13.0. The zero-order chi connectivity index (χ0) is 89.6. The van der Waals surface area contributed by atoms with E-state index in [1.54, 1.807) is 33.7 Å². The molecule has 2 unspecified atom stereocenters. The van der Waals surface area contributed by atoms with Crippen molar-refractivity contribution in [2.45, 2.75) is 127 Å². The first-order valence-corrected chi connectivity index (χ1v) is 45.8. The van der Waals surface area contributed by atoms with Crippen molar-refractivity contribution < 1.29 is 33.4 Å². The van der Waals surface area contributed by atoms with Gasteiger partial charge in [-0.25, -0.2) is 0 Å². The van der Waals surface area contributed by atoms with Crippen molar-refractivity contribution >= 4 is 90.5 Å². The van der Waals surface area contributed by atoms with E-state index in [-0.39, 0.29) is 67.1 Å². The molecule has 9 aliphatic rings. The average Bonchev–Trinajstić information content (AvgIpc) is 1.27. The molecule has 0 aliphatic carbocycles. The second-order valence-electron chi connectivity index (χ2n) is 35.2. The standard InChI is InChI=1S/C35H42N8O3.C33H39N7O2.C32H37N7O2/c1-4-32(44)43-20-19-42(21-26(43)14-16-36)34-29-15-18-41(31-13-7-10-25-9-5-6-12-28(25)31)22-30(29)37-35(38-34)46-24-27-11-8-17-40(27)23-33(45)39(2)3;1-3-31(41)40-20-19-39(21-25(40)14-16-34)32-28-15-18-38(30-13-7-10-24-9-5-6-12-27(24)30)22-29(28)35-33(36-32)42-23-26-11-8-17-37(26)4-2;1-3-30(40)39-18-17-38(20-25(39)11-14-33)31-27-13-16-37(29-10-6-8-24-7-4-5-9-26(24)29)21-28(27)34-32(35-31)41-22-23-12-15-36(2)19-23/h4-7,9-10,12-13,26-27H,1,8,11,14-15,17-24H2,2-3H3;3,5-7,9-10,12-13,25-26H,1,4,8,11,14-15,17-23H2,2H3;3-10,23,25H,1,11-13,15-22H2,2H3/t26?,27-;25-,26-;23-,25?/m000/s1. The fourth-order valence-electron chi connectivity index (χ4n) is 20.2. The first-order chi connectivity index (χ1) is 63.0. The van der Waals surface area contributed by atoms with Gasteiger partial charge in [-0.05, 0) is 137 Å². The Balaban J connectivity index is 0.000000142. The Morgan fingerprint density at radius 2 is 0.775 bits per heavy atom. The van der Waals surface area contributed by atoms with E-state index in [1.807, 2.05) is 0 Å². The first-order valence-electron chi connectivity index (χ1n) is 45.8. The van der Waals surface area contributed by atoms with Gasteiger partial charge in [-0.1, -0.05) is 136 Å². The van der Waals surface area contributed by atoms with E-state index in [0.717, 1.165) is 149 Å². The van der Waals surface area contributed by atoms with E-state index in [4.69, 9.17) is 44.1 Å². The Morgan fingerprint density at radius 1 is 0.419 bits per heavy atom. The van der Waals surface area contributed by atoms with Crippen LogP contribution >= 0.6 is 0 Å². The fraction of sp³-hybridized carbons (Fsp3) is 0.450. The molecule has 129 heavy (non-hydrogen) atoms. The molecule has 6 aromatic carbocycles. The predicted octanol–water partition coefficient (Wildman–Crippen LogP) is 11.1. The minimum atomic E-state index is -0.267. The van der Waals surface area contributed by atoms with Gasteiger partial charge in [-0.2, -0.15) is 45.7 Å². The molecule has 18 rings (SSSR count). The monoisotopic (exact) mass is 1740 g/mol. The number of carbonyl (C=O) groups is 4. The lowest BCUT2D eigenvalue weighted by molar-refractivity contribution is -0.130. The van der Waals surface area contributed by atoms with Crippen LogP contribution in [0.2, 0.25) is 0 Å². The van der Waals surface area contributed by atoms with Crippen LogP contribution in [0.3, 0.4) is 0 Å². The number of likely N-dealkylation sites (N-methyl/N-ethyl adjacent to an activating group) is 2. The number of piperazine rings is 3. The van der Waals surface area contributed by atoms with Gasteiger partial charge in [-0.15, -0.1) is 0 Å². The van der Waals surface area contributed by atoms with Gasteiger partial charge in [-0.3, -0.25) is 29.0 Å². The minimum Gasteiger partial charge on any atom is -0.463 e. The second kappa shape index (κ2) is 41.4. The smallest absolute Gasteiger partial charge is 0.318 e. The SMILES string of the molecule is C=CC(=O)N1CCN(c2nc(OC[C@@H]3CCCN3CC(=O)N(C)C)nc3c2CCN(c2cccc4ccccc24)C3)CC1CC#N.C=CC(=O)N1CCN(c2nc(OC[C@@H]3CCCN3CC)nc3c2CCN(c2cccc4ccccc24)C3)C[C@@H]1CC#N.C=CC(=O)N1CCN(c2nc(OC[C@H]3CCN(C)C3)nc3c2CCN(c2cccc4ccccc24)C3)CC1CC#N. The summed E-state index contributed by atoms with van der Waals surface area (Å²) in [5, 5.41) is 35.9. The Bertz CT molecular complexity index is 5720. The van der Waals surface area contributed by atoms with Crippen LogP contribution in [0.25, 0.3) is 32.3 Å². The van der Waals surface area contributed by atoms with Crippen molar-refractivity contribution in [3.8, 4) is 36.2 Å². The summed E-state index contributed by atoms with van der Waals surface area (Å²) in [4.78, 5) is 108. The highest BCUT2D eigenvalue weighted by Gasteiger charge is 2.40. The lowest BCUT2D eigenvalue weighted by atomic mass is 10.0. The van der Waals surface area contributed by atoms with Gasteiger partial charge in [0.05, 0.1) is 105 Å². The van der Waals surface area contributed by atoms with Gasteiger partial charge < -0.3 is 68.1 Å². The predicted molar refractivity (Wildman–Crippen MR) is 502 cm³/mol. The molecule has 29 nitrogen and oxygen atoms in total. The summed E-state index contributed by atoms with van der Waals surface area (Å²) in [5.41, 5.74) is 9.82. The maximum Gasteiger partial charge on any atom is 0.318 e. The molecule has 670 valence electrons. The van der Waals surface area contributed by atoms with E-state index in [1.165, 1.54) is 74.0 Å². The van der Waals surface area contributed by atoms with Crippen LogP contribution in [0.1, 0.15) is 92.1 Å². The molecule has 9 aliphatic heterocycles. The van der Waals surface area contributed by atoms with Crippen molar-refractivity contribution in [2.24, 2.45) is 5.92 Å². The number of anilines is 6. The number of benzene rings is 6. The van der Waals surface area contributed by atoms with Gasteiger partial charge in [0, 0.05) is 167 Å². The topological polar surface area (TPSA) is 287 Å². The van der Waals surface area contributed by atoms with Crippen LogP contribution in [0, 0.1) is 39.9 Å². The Labute approximate surface area is 756 Å². The van der Waals surface area contributed by atoms with Crippen LogP contribution < -0.4 is 43.6 Å². The second-order valence-corrected chi connectivity index (χ2v) is 35.2. The molecule has 29 heteroatoms. The van der Waals surface area contributed by atoms with Crippen molar-refractivity contribution in [2.75, 3.05) is 188 Å². The van der Waals surface area contributed by atoms with Crippen molar-refractivity contribution in [1.29, 1.82) is 15.8 Å². The highest BCUT2D eigenvalue weighted by atomic mass is 16.5. The third-order valence-electron chi connectivity index (χ3n) is 27.1. The number of aromatic nitrogens is 6. The molecule has 0 N–H and O–H groups in total. The Morgan fingerprint density at radius 3 is 1.12 bits per heavy atom. The number of amides is 4. The molecule has 0 spiro atoms. The molecule has 9 aromatic rings. The molecule has 0 saturated carbocycles. The van der Waals surface area contributed by atoms with E-state index in [0.29, 0.717) is 135 Å². The number of hydrogen-bond donors (Lipinski definition) is 0. The average molecular weight is 1740 g/mol. The quantitative estimate of drug-likeness (QED) is 0.0508. The number of hydrogen-bond acceptors (Lipinski definition) is 25. The van der Waals surface area contributed by atoms with E-state index >= 15 is 0 Å². The summed E-state index contributed by atoms with van der Waals surface area (Å²) in [5.74, 6) is 2.68. The molecule has 6 atom stereocenters. The molecule has 3 aromatic heterocycles. The number of nitriles is 3. The minimum absolute atomic E-state index is 0.0775. The number of ether oxygens (including phenoxy) is 3. The van der Waals surface area contributed by atoms with Crippen LogP contribution in [-0.4, -0.2) is 277 Å². The van der Waals surface area contributed by atoms with Gasteiger partial charge in [0.2, 0.25) is 23.6 Å². The third-order valence-corrected chi connectivity index (χ3v) is 27.1. The largest absolute Gasteiger partial charge is 0.463 e. The number of carbonyl (C=O) groups excluding carboxylic acids is 4. The van der Waals surface area contributed by atoms with Crippen LogP contribution in [-0.2, 0) is 58.1 Å². The van der Waals surface area contributed by atoms with E-state index in [9.17, 15) is 35.0 Å². The Kier molecular flexibility index (Phi) is 28.7. The lowest BCUT2D eigenvalue weighted by Gasteiger charge is -2.42. The summed E-state index contributed by atoms with van der Waals surface area (Å²) < 4.78 is 19.0. The zero-order valence-electron chi connectivity index (χ0n) is 74.9. The van der Waals surface area contributed by atoms with Crippen LogP contribution in [0.4, 0.5) is 34.5 Å². The molecule has 0 bridgehead atoms. The summed E-state index contributed by atoms with van der Waals surface area (Å²) in [6.45, 7) is 29.5. The van der Waals surface area contributed by atoms with Gasteiger partial charge in [0.25, 0.3) is 0 Å².